The Labute approximate surface area is 76.6 Å². The summed E-state index contributed by atoms with van der Waals surface area (Å²) in [4.78, 5) is 13.4. The quantitative estimate of drug-likeness (QED) is 0.750. The zero-order valence-electron chi connectivity index (χ0n) is 7.60. The molecule has 0 radical (unpaired) electrons. The number of rotatable bonds is 2. The van der Waals surface area contributed by atoms with Crippen molar-refractivity contribution in [2.75, 3.05) is 5.32 Å². The highest BCUT2D eigenvalue weighted by Gasteiger charge is 2.04. The lowest BCUT2D eigenvalue weighted by Gasteiger charge is -2.00. The minimum atomic E-state index is 0.0795. The molecule has 66 valence electrons. The molecule has 1 rings (SSSR count). The van der Waals surface area contributed by atoms with Crippen molar-refractivity contribution in [3.05, 3.63) is 15.8 Å². The average Bonchev–Trinajstić information content (AvgIpc) is 2.30. The number of hydrogen-bond donors (Lipinski definition) is 1. The Morgan fingerprint density at radius 1 is 1.58 bits per heavy atom. The molecule has 2 nitrogen and oxygen atoms in total. The number of thiophene rings is 1. The van der Waals surface area contributed by atoms with Crippen molar-refractivity contribution in [1.29, 1.82) is 0 Å². The summed E-state index contributed by atoms with van der Waals surface area (Å²) in [6.45, 7) is 5.91. The number of anilines is 1. The third-order valence-corrected chi connectivity index (χ3v) is 2.60. The van der Waals surface area contributed by atoms with Crippen molar-refractivity contribution in [2.45, 2.75) is 27.2 Å². The molecule has 0 unspecified atom stereocenters. The summed E-state index contributed by atoms with van der Waals surface area (Å²) in [5.41, 5.74) is 0.962. The van der Waals surface area contributed by atoms with Gasteiger partial charge in [-0.3, -0.25) is 4.79 Å². The fraction of sp³-hybridized carbons (Fsp3) is 0.444. The Kier molecular flexibility index (Phi) is 2.87. The number of nitrogens with one attached hydrogen (secondary N) is 1. The SMILES string of the molecule is CCC(=O)Nc1cc(C)sc1C. The van der Waals surface area contributed by atoms with Crippen molar-refractivity contribution in [1.82, 2.24) is 0 Å². The predicted octanol–water partition coefficient (Wildman–Crippen LogP) is 2.71. The standard InChI is InChI=1S/C9H13NOS/c1-4-9(11)10-8-5-6(2)12-7(8)3/h5H,4H2,1-3H3,(H,10,11). The molecule has 0 fully saturated rings. The molecule has 0 aliphatic carbocycles. The van der Waals surface area contributed by atoms with Gasteiger partial charge in [-0.05, 0) is 19.9 Å². The van der Waals surface area contributed by atoms with Gasteiger partial charge in [-0.2, -0.15) is 0 Å². The topological polar surface area (TPSA) is 29.1 Å². The number of carbonyl (C=O) groups is 1. The van der Waals surface area contributed by atoms with Gasteiger partial charge in [0.25, 0.3) is 0 Å². The molecule has 0 saturated carbocycles. The molecule has 1 N–H and O–H groups in total. The summed E-state index contributed by atoms with van der Waals surface area (Å²) in [5.74, 6) is 0.0795. The summed E-state index contributed by atoms with van der Waals surface area (Å²) in [7, 11) is 0. The van der Waals surface area contributed by atoms with Crippen molar-refractivity contribution in [3.63, 3.8) is 0 Å². The molecule has 1 amide bonds. The maximum atomic E-state index is 11.0. The fourth-order valence-corrected chi connectivity index (χ4v) is 1.87. The number of amides is 1. The van der Waals surface area contributed by atoms with Gasteiger partial charge in [-0.15, -0.1) is 11.3 Å². The molecule has 0 aromatic carbocycles. The molecule has 1 aromatic rings. The van der Waals surface area contributed by atoms with Crippen LogP contribution < -0.4 is 5.32 Å². The highest BCUT2D eigenvalue weighted by molar-refractivity contribution is 7.12. The molecule has 0 spiro atoms. The molecule has 0 aliphatic rings. The molecule has 0 saturated heterocycles. The lowest BCUT2D eigenvalue weighted by molar-refractivity contribution is -0.115. The summed E-state index contributed by atoms with van der Waals surface area (Å²) in [5, 5.41) is 2.85. The van der Waals surface area contributed by atoms with E-state index < -0.39 is 0 Å². The second kappa shape index (κ2) is 3.72. The van der Waals surface area contributed by atoms with E-state index in [2.05, 4.69) is 5.32 Å². The van der Waals surface area contributed by atoms with Crippen LogP contribution in [0.2, 0.25) is 0 Å². The Bertz CT molecular complexity index is 291. The number of carbonyl (C=O) groups excluding carboxylic acids is 1. The van der Waals surface area contributed by atoms with E-state index in [0.717, 1.165) is 5.69 Å². The summed E-state index contributed by atoms with van der Waals surface area (Å²) < 4.78 is 0. The summed E-state index contributed by atoms with van der Waals surface area (Å²) in [6, 6.07) is 2.01. The Balaban J connectivity index is 2.75. The second-order valence-corrected chi connectivity index (χ2v) is 4.19. The normalized spacial score (nSPS) is 9.92. The van der Waals surface area contributed by atoms with Crippen LogP contribution in [0.3, 0.4) is 0 Å². The van der Waals surface area contributed by atoms with Crippen molar-refractivity contribution < 1.29 is 4.79 Å². The van der Waals surface area contributed by atoms with E-state index in [1.165, 1.54) is 9.75 Å². The van der Waals surface area contributed by atoms with Gasteiger partial charge >= 0.3 is 0 Å². The van der Waals surface area contributed by atoms with Gasteiger partial charge < -0.3 is 5.32 Å². The maximum Gasteiger partial charge on any atom is 0.224 e. The van der Waals surface area contributed by atoms with Gasteiger partial charge in [-0.1, -0.05) is 6.92 Å². The van der Waals surface area contributed by atoms with Crippen molar-refractivity contribution in [2.24, 2.45) is 0 Å². The van der Waals surface area contributed by atoms with Crippen LogP contribution in [0.25, 0.3) is 0 Å². The van der Waals surface area contributed by atoms with E-state index in [4.69, 9.17) is 0 Å². The van der Waals surface area contributed by atoms with Crippen LogP contribution in [0, 0.1) is 13.8 Å². The lowest BCUT2D eigenvalue weighted by Crippen LogP contribution is -2.09. The lowest BCUT2D eigenvalue weighted by atomic mass is 10.3. The zero-order valence-corrected chi connectivity index (χ0v) is 8.42. The Morgan fingerprint density at radius 3 is 2.67 bits per heavy atom. The van der Waals surface area contributed by atoms with Gasteiger partial charge in [0.05, 0.1) is 5.69 Å². The van der Waals surface area contributed by atoms with Crippen LogP contribution in [0.4, 0.5) is 5.69 Å². The zero-order chi connectivity index (χ0) is 9.14. The molecular weight excluding hydrogens is 170 g/mol. The molecule has 0 aliphatic heterocycles. The molecule has 12 heavy (non-hydrogen) atoms. The van der Waals surface area contributed by atoms with Gasteiger partial charge in [0.15, 0.2) is 0 Å². The molecule has 1 heterocycles. The van der Waals surface area contributed by atoms with E-state index in [9.17, 15) is 4.79 Å². The first kappa shape index (κ1) is 9.26. The Hall–Kier alpha value is -0.830. The van der Waals surface area contributed by atoms with Crippen molar-refractivity contribution >= 4 is 22.9 Å². The van der Waals surface area contributed by atoms with Crippen LogP contribution in [0.5, 0.6) is 0 Å². The van der Waals surface area contributed by atoms with Gasteiger partial charge in [-0.25, -0.2) is 0 Å². The minimum absolute atomic E-state index is 0.0795. The van der Waals surface area contributed by atoms with Crippen LogP contribution in [0.15, 0.2) is 6.07 Å². The third-order valence-electron chi connectivity index (χ3n) is 1.64. The van der Waals surface area contributed by atoms with E-state index in [-0.39, 0.29) is 5.91 Å². The maximum absolute atomic E-state index is 11.0. The number of hydrogen-bond acceptors (Lipinski definition) is 2. The van der Waals surface area contributed by atoms with E-state index in [1.807, 2.05) is 26.8 Å². The smallest absolute Gasteiger partial charge is 0.224 e. The Morgan fingerprint density at radius 2 is 2.25 bits per heavy atom. The number of aryl methyl sites for hydroxylation is 2. The molecular formula is C9H13NOS. The first-order valence-electron chi connectivity index (χ1n) is 4.00. The van der Waals surface area contributed by atoms with E-state index >= 15 is 0 Å². The van der Waals surface area contributed by atoms with Crippen LogP contribution in [0.1, 0.15) is 23.1 Å². The largest absolute Gasteiger partial charge is 0.325 e. The molecule has 1 aromatic heterocycles. The first-order valence-corrected chi connectivity index (χ1v) is 4.82. The van der Waals surface area contributed by atoms with E-state index in [1.54, 1.807) is 11.3 Å². The average molecular weight is 183 g/mol. The fourth-order valence-electron chi connectivity index (χ4n) is 0.994. The minimum Gasteiger partial charge on any atom is -0.325 e. The van der Waals surface area contributed by atoms with Gasteiger partial charge in [0, 0.05) is 16.2 Å². The van der Waals surface area contributed by atoms with Gasteiger partial charge in [0.1, 0.15) is 0 Å². The predicted molar refractivity (Wildman–Crippen MR) is 52.7 cm³/mol. The highest BCUT2D eigenvalue weighted by atomic mass is 32.1. The summed E-state index contributed by atoms with van der Waals surface area (Å²) >= 11 is 1.71. The van der Waals surface area contributed by atoms with Crippen LogP contribution in [-0.2, 0) is 4.79 Å². The van der Waals surface area contributed by atoms with Crippen LogP contribution >= 0.6 is 11.3 Å². The van der Waals surface area contributed by atoms with E-state index in [0.29, 0.717) is 6.42 Å². The van der Waals surface area contributed by atoms with Crippen LogP contribution in [-0.4, -0.2) is 5.91 Å². The highest BCUT2D eigenvalue weighted by Crippen LogP contribution is 2.25. The second-order valence-electron chi connectivity index (χ2n) is 2.73. The first-order chi connectivity index (χ1) is 5.63. The van der Waals surface area contributed by atoms with Gasteiger partial charge in [0.2, 0.25) is 5.91 Å². The third kappa shape index (κ3) is 2.08. The molecule has 0 bridgehead atoms. The molecule has 3 heteroatoms. The van der Waals surface area contributed by atoms with Crippen molar-refractivity contribution in [3.8, 4) is 0 Å². The molecule has 0 atom stereocenters. The summed E-state index contributed by atoms with van der Waals surface area (Å²) in [6.07, 6.45) is 0.536. The monoisotopic (exact) mass is 183 g/mol.